The summed E-state index contributed by atoms with van der Waals surface area (Å²) in [6, 6.07) is -0.327. The van der Waals surface area contributed by atoms with Crippen LogP contribution in [0.3, 0.4) is 0 Å². The Balaban J connectivity index is 3.61. The third-order valence-electron chi connectivity index (χ3n) is 1.82. The van der Waals surface area contributed by atoms with Crippen LogP contribution in [0.25, 0.3) is 0 Å². The van der Waals surface area contributed by atoms with Crippen molar-refractivity contribution in [3.05, 3.63) is 0 Å². The van der Waals surface area contributed by atoms with Gasteiger partial charge in [-0.15, -0.1) is 0 Å². The zero-order valence-electron chi connectivity index (χ0n) is 7.40. The molecule has 0 atom stereocenters. The maximum absolute atomic E-state index is 10.6. The molecule has 0 aromatic heterocycles. The highest BCUT2D eigenvalue weighted by Crippen LogP contribution is 2.17. The zero-order chi connectivity index (χ0) is 8.91. The van der Waals surface area contributed by atoms with Gasteiger partial charge in [0, 0.05) is 6.54 Å². The molecule has 0 spiro atoms. The predicted octanol–water partition coefficient (Wildman–Crippen LogP) is 0.596. The fourth-order valence-corrected chi connectivity index (χ4v) is 0.496. The monoisotopic (exact) mass is 159 g/mol. The van der Waals surface area contributed by atoms with Crippen LogP contribution in [0, 0.1) is 5.41 Å². The Morgan fingerprint density at radius 3 is 2.45 bits per heavy atom. The van der Waals surface area contributed by atoms with E-state index in [-0.39, 0.29) is 11.4 Å². The summed E-state index contributed by atoms with van der Waals surface area (Å²) in [5.74, 6) is 4.88. The largest absolute Gasteiger partial charge is 0.337 e. The average molecular weight is 159 g/mol. The Kier molecular flexibility index (Phi) is 3.89. The van der Waals surface area contributed by atoms with E-state index in [0.717, 1.165) is 6.42 Å². The molecule has 0 unspecified atom stereocenters. The van der Waals surface area contributed by atoms with E-state index in [1.165, 1.54) is 0 Å². The lowest BCUT2D eigenvalue weighted by molar-refractivity contribution is 0.233. The molecule has 4 nitrogen and oxygen atoms in total. The minimum Gasteiger partial charge on any atom is -0.337 e. The van der Waals surface area contributed by atoms with Crippen molar-refractivity contribution in [1.29, 1.82) is 0 Å². The number of carbonyl (C=O) groups is 1. The Labute approximate surface area is 67.5 Å². The van der Waals surface area contributed by atoms with E-state index in [9.17, 15) is 4.79 Å². The average Bonchev–Trinajstić information content (AvgIpc) is 2.00. The standard InChI is InChI=1S/C7H17N3O/c1-4-7(2,3)5-9-6(11)10-8/h4-5,8H2,1-3H3,(H2,9,10,11). The van der Waals surface area contributed by atoms with E-state index in [4.69, 9.17) is 5.84 Å². The summed E-state index contributed by atoms with van der Waals surface area (Å²) in [6.45, 7) is 6.90. The third kappa shape index (κ3) is 4.61. The first-order chi connectivity index (χ1) is 5.02. The Hall–Kier alpha value is -0.770. The van der Waals surface area contributed by atoms with Crippen molar-refractivity contribution >= 4 is 6.03 Å². The number of carbonyl (C=O) groups excluding carboxylic acids is 1. The van der Waals surface area contributed by atoms with Crippen LogP contribution in [0.15, 0.2) is 0 Å². The van der Waals surface area contributed by atoms with Gasteiger partial charge in [0.2, 0.25) is 0 Å². The molecule has 0 aromatic carbocycles. The van der Waals surface area contributed by atoms with Crippen LogP contribution in [0.5, 0.6) is 0 Å². The van der Waals surface area contributed by atoms with Crippen LogP contribution in [0.2, 0.25) is 0 Å². The Bertz CT molecular complexity index is 134. The third-order valence-corrected chi connectivity index (χ3v) is 1.82. The fourth-order valence-electron chi connectivity index (χ4n) is 0.496. The molecule has 4 N–H and O–H groups in total. The Morgan fingerprint density at radius 1 is 1.55 bits per heavy atom. The number of hydrogen-bond acceptors (Lipinski definition) is 2. The number of amides is 2. The molecule has 2 amide bonds. The van der Waals surface area contributed by atoms with E-state index in [0.29, 0.717) is 6.54 Å². The second-order valence-corrected chi connectivity index (χ2v) is 3.34. The summed E-state index contributed by atoms with van der Waals surface area (Å²) in [7, 11) is 0. The van der Waals surface area contributed by atoms with Crippen molar-refractivity contribution < 1.29 is 4.79 Å². The van der Waals surface area contributed by atoms with Gasteiger partial charge < -0.3 is 5.32 Å². The maximum Gasteiger partial charge on any atom is 0.328 e. The molecule has 11 heavy (non-hydrogen) atoms. The van der Waals surface area contributed by atoms with Crippen molar-refractivity contribution in [2.24, 2.45) is 11.3 Å². The van der Waals surface area contributed by atoms with Crippen molar-refractivity contribution in [3.63, 3.8) is 0 Å². The number of nitrogens with one attached hydrogen (secondary N) is 2. The van der Waals surface area contributed by atoms with Crippen LogP contribution < -0.4 is 16.6 Å². The van der Waals surface area contributed by atoms with Gasteiger partial charge in [0.25, 0.3) is 0 Å². The summed E-state index contributed by atoms with van der Waals surface area (Å²) in [4.78, 5) is 10.6. The summed E-state index contributed by atoms with van der Waals surface area (Å²) >= 11 is 0. The van der Waals surface area contributed by atoms with E-state index in [1.807, 2.05) is 5.43 Å². The van der Waals surface area contributed by atoms with Crippen LogP contribution in [-0.4, -0.2) is 12.6 Å². The first-order valence-electron chi connectivity index (χ1n) is 3.76. The van der Waals surface area contributed by atoms with Crippen LogP contribution in [0.4, 0.5) is 4.79 Å². The molecule has 4 heteroatoms. The molecule has 0 fully saturated rings. The van der Waals surface area contributed by atoms with Crippen molar-refractivity contribution in [1.82, 2.24) is 10.7 Å². The van der Waals surface area contributed by atoms with Gasteiger partial charge in [-0.1, -0.05) is 20.8 Å². The topological polar surface area (TPSA) is 67.2 Å². The highest BCUT2D eigenvalue weighted by molar-refractivity contribution is 5.73. The first kappa shape index (κ1) is 10.2. The molecule has 0 aromatic rings. The number of urea groups is 1. The summed E-state index contributed by atoms with van der Waals surface area (Å²) in [5.41, 5.74) is 2.16. The molecule has 0 aliphatic carbocycles. The molecule has 0 bridgehead atoms. The molecule has 0 rings (SSSR count). The molecular formula is C7H17N3O. The molecule has 0 saturated heterocycles. The van der Waals surface area contributed by atoms with Gasteiger partial charge in [-0.3, -0.25) is 5.43 Å². The number of rotatable bonds is 3. The normalized spacial score (nSPS) is 10.9. The van der Waals surface area contributed by atoms with Gasteiger partial charge in [0.15, 0.2) is 0 Å². The van der Waals surface area contributed by atoms with Crippen LogP contribution in [0.1, 0.15) is 27.2 Å². The second-order valence-electron chi connectivity index (χ2n) is 3.34. The smallest absolute Gasteiger partial charge is 0.328 e. The van der Waals surface area contributed by atoms with Gasteiger partial charge in [-0.2, -0.15) is 0 Å². The molecule has 0 radical (unpaired) electrons. The summed E-state index contributed by atoms with van der Waals surface area (Å²) < 4.78 is 0. The molecule has 66 valence electrons. The zero-order valence-corrected chi connectivity index (χ0v) is 7.40. The van der Waals surface area contributed by atoms with E-state index >= 15 is 0 Å². The molecular weight excluding hydrogens is 142 g/mol. The lowest BCUT2D eigenvalue weighted by atomic mass is 9.90. The van der Waals surface area contributed by atoms with Crippen molar-refractivity contribution in [3.8, 4) is 0 Å². The summed E-state index contributed by atoms with van der Waals surface area (Å²) in [6.07, 6.45) is 1.03. The molecule has 0 aliphatic rings. The highest BCUT2D eigenvalue weighted by Gasteiger charge is 2.15. The van der Waals surface area contributed by atoms with Crippen molar-refractivity contribution in [2.45, 2.75) is 27.2 Å². The quantitative estimate of drug-likeness (QED) is 0.320. The van der Waals surface area contributed by atoms with Gasteiger partial charge in [0.05, 0.1) is 0 Å². The lowest BCUT2D eigenvalue weighted by Crippen LogP contribution is -2.43. The van der Waals surface area contributed by atoms with E-state index in [2.05, 4.69) is 26.1 Å². The van der Waals surface area contributed by atoms with Crippen molar-refractivity contribution in [2.75, 3.05) is 6.54 Å². The molecule has 0 aliphatic heterocycles. The number of nitrogens with two attached hydrogens (primary N) is 1. The van der Waals surface area contributed by atoms with Gasteiger partial charge in [-0.25, -0.2) is 10.6 Å². The maximum atomic E-state index is 10.6. The molecule has 0 saturated carbocycles. The second kappa shape index (κ2) is 4.18. The predicted molar refractivity (Wildman–Crippen MR) is 44.8 cm³/mol. The minimum atomic E-state index is -0.327. The minimum absolute atomic E-state index is 0.145. The first-order valence-corrected chi connectivity index (χ1v) is 3.76. The number of hydrazine groups is 1. The van der Waals surface area contributed by atoms with Crippen LogP contribution >= 0.6 is 0 Å². The van der Waals surface area contributed by atoms with Crippen LogP contribution in [-0.2, 0) is 0 Å². The SMILES string of the molecule is CCC(C)(C)CNC(=O)NN. The van der Waals surface area contributed by atoms with E-state index in [1.54, 1.807) is 0 Å². The fraction of sp³-hybridized carbons (Fsp3) is 0.857. The van der Waals surface area contributed by atoms with Gasteiger partial charge >= 0.3 is 6.03 Å². The highest BCUT2D eigenvalue weighted by atomic mass is 16.2. The molecule has 0 heterocycles. The number of hydrogen-bond donors (Lipinski definition) is 3. The summed E-state index contributed by atoms with van der Waals surface area (Å²) in [5, 5.41) is 2.65. The lowest BCUT2D eigenvalue weighted by Gasteiger charge is -2.22. The Morgan fingerprint density at radius 2 is 2.09 bits per heavy atom. The van der Waals surface area contributed by atoms with Gasteiger partial charge in [-0.05, 0) is 11.8 Å². The van der Waals surface area contributed by atoms with E-state index < -0.39 is 0 Å². The van der Waals surface area contributed by atoms with Gasteiger partial charge in [0.1, 0.15) is 0 Å².